The molecule has 70 valence electrons. The van der Waals surface area contributed by atoms with E-state index in [1.807, 2.05) is 49.4 Å². The molecule has 0 bridgehead atoms. The molecule has 0 saturated carbocycles. The van der Waals surface area contributed by atoms with E-state index in [0.717, 1.165) is 10.5 Å². The highest BCUT2D eigenvalue weighted by Gasteiger charge is 1.97. The van der Waals surface area contributed by atoms with Crippen LogP contribution in [0.4, 0.5) is 0 Å². The largest absolute Gasteiger partial charge is 0.237 e. The topological polar surface area (TPSA) is 12.9 Å². The smallest absolute Gasteiger partial charge is 0.117 e. The molecule has 0 spiro atoms. The molecule has 0 aliphatic heterocycles. The van der Waals surface area contributed by atoms with Gasteiger partial charge in [0.25, 0.3) is 0 Å². The number of thiazole rings is 1. The van der Waals surface area contributed by atoms with E-state index in [2.05, 4.69) is 11.1 Å². The summed E-state index contributed by atoms with van der Waals surface area (Å²) in [6.45, 7) is 2.00. The van der Waals surface area contributed by atoms with Crippen LogP contribution in [0.1, 0.15) is 11.9 Å². The third kappa shape index (κ3) is 1.91. The van der Waals surface area contributed by atoms with E-state index in [4.69, 9.17) is 0 Å². The van der Waals surface area contributed by atoms with E-state index in [1.54, 1.807) is 11.3 Å². The van der Waals surface area contributed by atoms with Crippen LogP contribution in [-0.4, -0.2) is 4.98 Å². The fourth-order valence-electron chi connectivity index (χ4n) is 1.21. The second-order valence-electron chi connectivity index (χ2n) is 2.90. The summed E-state index contributed by atoms with van der Waals surface area (Å²) in [5.41, 5.74) is 1.08. The van der Waals surface area contributed by atoms with Crippen LogP contribution in [0.15, 0.2) is 42.5 Å². The molecule has 0 saturated heterocycles. The number of benzene rings is 1. The third-order valence-electron chi connectivity index (χ3n) is 1.85. The predicted molar refractivity (Wildman–Crippen MR) is 63.5 cm³/mol. The summed E-state index contributed by atoms with van der Waals surface area (Å²) in [5, 5.41) is 1.06. The first-order valence-corrected chi connectivity index (χ1v) is 5.37. The first kappa shape index (κ1) is 9.16. The number of rotatable bonds is 2. The van der Waals surface area contributed by atoms with Crippen molar-refractivity contribution in [2.75, 3.05) is 0 Å². The number of nitrogens with zero attached hydrogens (tertiary/aromatic N) is 1. The van der Waals surface area contributed by atoms with Gasteiger partial charge in [0.15, 0.2) is 0 Å². The second-order valence-corrected chi connectivity index (χ2v) is 3.97. The molecule has 0 unspecified atom stereocenters. The zero-order valence-corrected chi connectivity index (χ0v) is 8.79. The summed E-state index contributed by atoms with van der Waals surface area (Å²) >= 11 is 1.72. The summed E-state index contributed by atoms with van der Waals surface area (Å²) in [7, 11) is 0. The molecule has 0 radical (unpaired) electrons. The molecule has 2 rings (SSSR count). The van der Waals surface area contributed by atoms with Gasteiger partial charge in [-0.2, -0.15) is 0 Å². The fourth-order valence-corrected chi connectivity index (χ4v) is 2.09. The Kier molecular flexibility index (Phi) is 2.75. The van der Waals surface area contributed by atoms with E-state index in [1.165, 1.54) is 4.70 Å². The molecule has 1 aromatic heterocycles. The Balaban J connectivity index is 2.35. The lowest BCUT2D eigenvalue weighted by molar-refractivity contribution is 1.46. The van der Waals surface area contributed by atoms with Crippen LogP contribution in [0, 0.1) is 0 Å². The lowest BCUT2D eigenvalue weighted by Gasteiger charge is -1.80. The minimum absolute atomic E-state index is 1.06. The van der Waals surface area contributed by atoms with E-state index in [9.17, 15) is 0 Å². The monoisotopic (exact) mass is 201 g/mol. The van der Waals surface area contributed by atoms with Crippen molar-refractivity contribution >= 4 is 27.6 Å². The van der Waals surface area contributed by atoms with E-state index >= 15 is 0 Å². The first-order chi connectivity index (χ1) is 6.90. The molecule has 1 aromatic carbocycles. The standard InChI is InChI=1S/C12H11NS/c1-2-3-4-9-12-13-10-7-5-6-8-11(10)14-12/h2-9H,1H3. The van der Waals surface area contributed by atoms with Gasteiger partial charge in [0.05, 0.1) is 10.2 Å². The van der Waals surface area contributed by atoms with Crippen LogP contribution < -0.4 is 0 Å². The third-order valence-corrected chi connectivity index (χ3v) is 2.85. The number of aromatic nitrogens is 1. The molecular weight excluding hydrogens is 190 g/mol. The van der Waals surface area contributed by atoms with Crippen molar-refractivity contribution in [3.05, 3.63) is 47.5 Å². The number of hydrogen-bond donors (Lipinski definition) is 0. The lowest BCUT2D eigenvalue weighted by Crippen LogP contribution is -1.66. The second kappa shape index (κ2) is 4.20. The molecular formula is C12H11NS. The van der Waals surface area contributed by atoms with Gasteiger partial charge in [-0.05, 0) is 25.1 Å². The minimum Gasteiger partial charge on any atom is -0.237 e. The Hall–Kier alpha value is -1.41. The summed E-state index contributed by atoms with van der Waals surface area (Å²) in [6, 6.07) is 8.19. The maximum absolute atomic E-state index is 4.48. The highest BCUT2D eigenvalue weighted by Crippen LogP contribution is 2.22. The van der Waals surface area contributed by atoms with Crippen LogP contribution in [0.3, 0.4) is 0 Å². The van der Waals surface area contributed by atoms with Gasteiger partial charge in [-0.15, -0.1) is 11.3 Å². The van der Waals surface area contributed by atoms with Crippen molar-refractivity contribution in [2.45, 2.75) is 6.92 Å². The van der Waals surface area contributed by atoms with Crippen LogP contribution in [0.2, 0.25) is 0 Å². The van der Waals surface area contributed by atoms with Gasteiger partial charge in [0, 0.05) is 0 Å². The minimum atomic E-state index is 1.06. The molecule has 0 atom stereocenters. The van der Waals surface area contributed by atoms with Crippen molar-refractivity contribution in [1.82, 2.24) is 4.98 Å². The number of hydrogen-bond acceptors (Lipinski definition) is 2. The molecule has 14 heavy (non-hydrogen) atoms. The predicted octanol–water partition coefficient (Wildman–Crippen LogP) is 3.89. The number of fused-ring (bicyclic) bond motifs is 1. The van der Waals surface area contributed by atoms with Crippen molar-refractivity contribution in [3.8, 4) is 0 Å². The number of allylic oxidation sites excluding steroid dienone is 3. The van der Waals surface area contributed by atoms with Crippen molar-refractivity contribution in [1.29, 1.82) is 0 Å². The number of para-hydroxylation sites is 1. The Morgan fingerprint density at radius 2 is 2.07 bits per heavy atom. The molecule has 0 aliphatic carbocycles. The zero-order chi connectivity index (χ0) is 9.80. The van der Waals surface area contributed by atoms with E-state index in [0.29, 0.717) is 0 Å². The molecule has 0 aliphatic rings. The molecule has 0 N–H and O–H groups in total. The summed E-state index contributed by atoms with van der Waals surface area (Å²) < 4.78 is 1.24. The summed E-state index contributed by atoms with van der Waals surface area (Å²) in [4.78, 5) is 4.48. The maximum atomic E-state index is 4.48. The SMILES string of the molecule is CC=CC=Cc1nc2ccccc2s1. The Bertz CT molecular complexity index is 447. The summed E-state index contributed by atoms with van der Waals surface area (Å²) in [6.07, 6.45) is 8.05. The molecule has 2 heteroatoms. The summed E-state index contributed by atoms with van der Waals surface area (Å²) in [5.74, 6) is 0. The molecule has 1 heterocycles. The molecule has 2 aromatic rings. The van der Waals surface area contributed by atoms with Crippen LogP contribution >= 0.6 is 11.3 Å². The van der Waals surface area contributed by atoms with Crippen LogP contribution in [0.5, 0.6) is 0 Å². The highest BCUT2D eigenvalue weighted by molar-refractivity contribution is 7.19. The molecule has 1 nitrogen and oxygen atoms in total. The van der Waals surface area contributed by atoms with Crippen molar-refractivity contribution in [3.63, 3.8) is 0 Å². The fraction of sp³-hybridized carbons (Fsp3) is 0.0833. The zero-order valence-electron chi connectivity index (χ0n) is 7.97. The first-order valence-electron chi connectivity index (χ1n) is 4.55. The molecule has 0 fully saturated rings. The van der Waals surface area contributed by atoms with Gasteiger partial charge in [-0.3, -0.25) is 0 Å². The van der Waals surface area contributed by atoms with Crippen molar-refractivity contribution < 1.29 is 0 Å². The average Bonchev–Trinajstić information content (AvgIpc) is 2.60. The lowest BCUT2D eigenvalue weighted by atomic mass is 10.3. The van der Waals surface area contributed by atoms with Crippen LogP contribution in [-0.2, 0) is 0 Å². The average molecular weight is 201 g/mol. The van der Waals surface area contributed by atoms with Gasteiger partial charge in [-0.1, -0.05) is 30.4 Å². The Morgan fingerprint density at radius 3 is 2.86 bits per heavy atom. The highest BCUT2D eigenvalue weighted by atomic mass is 32.1. The van der Waals surface area contributed by atoms with Gasteiger partial charge in [-0.25, -0.2) is 4.98 Å². The van der Waals surface area contributed by atoms with Crippen molar-refractivity contribution in [2.24, 2.45) is 0 Å². The van der Waals surface area contributed by atoms with Gasteiger partial charge in [0.2, 0.25) is 0 Å². The van der Waals surface area contributed by atoms with E-state index < -0.39 is 0 Å². The Morgan fingerprint density at radius 1 is 1.21 bits per heavy atom. The molecule has 0 amide bonds. The quantitative estimate of drug-likeness (QED) is 0.672. The van der Waals surface area contributed by atoms with E-state index in [-0.39, 0.29) is 0 Å². The van der Waals surface area contributed by atoms with Gasteiger partial charge in [0.1, 0.15) is 5.01 Å². The van der Waals surface area contributed by atoms with Crippen LogP contribution in [0.25, 0.3) is 16.3 Å². The normalized spacial score (nSPS) is 12.1. The van der Waals surface area contributed by atoms with Gasteiger partial charge < -0.3 is 0 Å². The maximum Gasteiger partial charge on any atom is 0.117 e. The van der Waals surface area contributed by atoms with Gasteiger partial charge >= 0.3 is 0 Å². The Labute approximate surface area is 87.4 Å².